The molecule has 1 aliphatic heterocycles. The summed E-state index contributed by atoms with van der Waals surface area (Å²) in [4.78, 5) is 33.4. The molecule has 0 unspecified atom stereocenters. The third-order valence-corrected chi connectivity index (χ3v) is 2.86. The van der Waals surface area contributed by atoms with Crippen molar-refractivity contribution in [2.45, 2.75) is 51.6 Å². The van der Waals surface area contributed by atoms with Crippen LogP contribution in [0.15, 0.2) is 12.7 Å². The average Bonchev–Trinajstić information content (AvgIpc) is 2.65. The maximum atomic E-state index is 11.2. The molecule has 7 nitrogen and oxygen atoms in total. The summed E-state index contributed by atoms with van der Waals surface area (Å²) in [6, 6.07) is 0. The molecule has 0 radical (unpaired) electrons. The normalized spacial score (nSPS) is 27.8. The van der Waals surface area contributed by atoms with E-state index >= 15 is 0 Å². The van der Waals surface area contributed by atoms with Crippen LogP contribution in [0.2, 0.25) is 0 Å². The van der Waals surface area contributed by atoms with Gasteiger partial charge >= 0.3 is 17.9 Å². The molecule has 1 heterocycles. The van der Waals surface area contributed by atoms with Gasteiger partial charge in [-0.25, -0.2) is 0 Å². The van der Waals surface area contributed by atoms with E-state index in [9.17, 15) is 14.4 Å². The SMILES string of the molecule is C=CC[C@@H]1O[C@H](COC(C)=O)[C@@H](OC(C)=O)[C@@H]1OC(C)=O. The lowest BCUT2D eigenvalue weighted by Crippen LogP contribution is -2.41. The van der Waals surface area contributed by atoms with Crippen molar-refractivity contribution in [1.82, 2.24) is 0 Å². The highest BCUT2D eigenvalue weighted by atomic mass is 16.6. The molecule has 7 heteroatoms. The summed E-state index contributed by atoms with van der Waals surface area (Å²) >= 11 is 0. The molecule has 0 bridgehead atoms. The van der Waals surface area contributed by atoms with Crippen molar-refractivity contribution in [3.63, 3.8) is 0 Å². The Morgan fingerprint density at radius 2 is 1.52 bits per heavy atom. The number of rotatable bonds is 6. The minimum absolute atomic E-state index is 0.0846. The Labute approximate surface area is 123 Å². The van der Waals surface area contributed by atoms with Gasteiger partial charge in [-0.2, -0.15) is 0 Å². The highest BCUT2D eigenvalue weighted by Crippen LogP contribution is 2.29. The number of hydrogen-bond acceptors (Lipinski definition) is 7. The third-order valence-electron chi connectivity index (χ3n) is 2.86. The van der Waals surface area contributed by atoms with E-state index in [0.717, 1.165) is 0 Å². The molecule has 4 atom stereocenters. The first-order valence-corrected chi connectivity index (χ1v) is 6.59. The fraction of sp³-hybridized carbons (Fsp3) is 0.643. The molecule has 0 spiro atoms. The third kappa shape index (κ3) is 5.18. The molecule has 21 heavy (non-hydrogen) atoms. The Balaban J connectivity index is 2.89. The second kappa shape index (κ2) is 7.78. The zero-order valence-electron chi connectivity index (χ0n) is 12.4. The maximum absolute atomic E-state index is 11.2. The molecule has 1 saturated heterocycles. The Hall–Kier alpha value is -1.89. The lowest BCUT2D eigenvalue weighted by molar-refractivity contribution is -0.165. The lowest BCUT2D eigenvalue weighted by atomic mass is 10.1. The quantitative estimate of drug-likeness (QED) is 0.406. The predicted molar refractivity (Wildman–Crippen MR) is 71.2 cm³/mol. The Bertz CT molecular complexity index is 418. The van der Waals surface area contributed by atoms with Crippen LogP contribution in [-0.2, 0) is 33.3 Å². The first kappa shape index (κ1) is 17.2. The summed E-state index contributed by atoms with van der Waals surface area (Å²) < 4.78 is 20.9. The van der Waals surface area contributed by atoms with Gasteiger partial charge in [-0.05, 0) is 6.42 Å². The van der Waals surface area contributed by atoms with Gasteiger partial charge in [0, 0.05) is 20.8 Å². The van der Waals surface area contributed by atoms with Crippen molar-refractivity contribution in [2.24, 2.45) is 0 Å². The van der Waals surface area contributed by atoms with E-state index in [1.165, 1.54) is 20.8 Å². The van der Waals surface area contributed by atoms with Gasteiger partial charge in [-0.3, -0.25) is 14.4 Å². The fourth-order valence-electron chi connectivity index (χ4n) is 2.16. The molecule has 1 aliphatic rings. The molecule has 0 saturated carbocycles. The standard InChI is InChI=1S/C14H20O7/c1-5-6-11-13(19-9(3)16)14(20-10(4)17)12(21-11)7-18-8(2)15/h5,11-14H,1,6-7H2,2-4H3/t11-,12+,13+,14+/m0/s1. The minimum atomic E-state index is -0.823. The van der Waals surface area contributed by atoms with E-state index in [4.69, 9.17) is 18.9 Å². The molecular weight excluding hydrogens is 280 g/mol. The summed E-state index contributed by atoms with van der Waals surface area (Å²) in [6.45, 7) is 7.29. The summed E-state index contributed by atoms with van der Waals surface area (Å²) in [5, 5.41) is 0. The van der Waals surface area contributed by atoms with Crippen LogP contribution in [0.1, 0.15) is 27.2 Å². The predicted octanol–water partition coefficient (Wildman–Crippen LogP) is 0.756. The molecule has 0 amide bonds. The van der Waals surface area contributed by atoms with Crippen LogP contribution in [0.5, 0.6) is 0 Å². The van der Waals surface area contributed by atoms with E-state index in [0.29, 0.717) is 6.42 Å². The Morgan fingerprint density at radius 1 is 1.00 bits per heavy atom. The number of carbonyl (C=O) groups excluding carboxylic acids is 3. The highest BCUT2D eigenvalue weighted by molar-refractivity contribution is 5.68. The van der Waals surface area contributed by atoms with Crippen molar-refractivity contribution in [3.05, 3.63) is 12.7 Å². The number of esters is 3. The molecule has 0 N–H and O–H groups in total. The largest absolute Gasteiger partial charge is 0.463 e. The van der Waals surface area contributed by atoms with Crippen LogP contribution in [0, 0.1) is 0 Å². The Morgan fingerprint density at radius 3 is 1.95 bits per heavy atom. The first-order valence-electron chi connectivity index (χ1n) is 6.59. The van der Waals surface area contributed by atoms with E-state index in [1.807, 2.05) is 0 Å². The minimum Gasteiger partial charge on any atom is -0.463 e. The van der Waals surface area contributed by atoms with Gasteiger partial charge in [0.2, 0.25) is 0 Å². The average molecular weight is 300 g/mol. The molecule has 0 aromatic heterocycles. The van der Waals surface area contributed by atoms with E-state index in [2.05, 4.69) is 6.58 Å². The number of ether oxygens (including phenoxy) is 4. The molecule has 1 fully saturated rings. The summed E-state index contributed by atoms with van der Waals surface area (Å²) in [6.07, 6.45) is -0.754. The molecule has 0 aromatic carbocycles. The molecule has 0 aliphatic carbocycles. The summed E-state index contributed by atoms with van der Waals surface area (Å²) in [5.74, 6) is -1.52. The summed E-state index contributed by atoms with van der Waals surface area (Å²) in [5.41, 5.74) is 0. The van der Waals surface area contributed by atoms with Crippen molar-refractivity contribution < 1.29 is 33.3 Å². The van der Waals surface area contributed by atoms with Gasteiger partial charge in [0.05, 0.1) is 0 Å². The van der Waals surface area contributed by atoms with Gasteiger partial charge in [-0.1, -0.05) is 6.08 Å². The molecule has 1 rings (SSSR count). The van der Waals surface area contributed by atoms with Gasteiger partial charge in [0.25, 0.3) is 0 Å². The zero-order chi connectivity index (χ0) is 16.0. The monoisotopic (exact) mass is 300 g/mol. The van der Waals surface area contributed by atoms with Crippen LogP contribution < -0.4 is 0 Å². The van der Waals surface area contributed by atoms with E-state index < -0.39 is 42.3 Å². The zero-order valence-corrected chi connectivity index (χ0v) is 12.4. The van der Waals surface area contributed by atoms with Crippen LogP contribution >= 0.6 is 0 Å². The second-order valence-corrected chi connectivity index (χ2v) is 4.69. The van der Waals surface area contributed by atoms with Crippen LogP contribution in [0.3, 0.4) is 0 Å². The van der Waals surface area contributed by atoms with E-state index in [-0.39, 0.29) is 6.61 Å². The van der Waals surface area contributed by atoms with Crippen LogP contribution in [0.4, 0.5) is 0 Å². The van der Waals surface area contributed by atoms with Crippen LogP contribution in [-0.4, -0.2) is 48.9 Å². The maximum Gasteiger partial charge on any atom is 0.303 e. The van der Waals surface area contributed by atoms with Crippen molar-refractivity contribution in [1.29, 1.82) is 0 Å². The first-order chi connectivity index (χ1) is 9.85. The van der Waals surface area contributed by atoms with E-state index in [1.54, 1.807) is 6.08 Å². The molecule has 118 valence electrons. The molecule has 0 aromatic rings. The van der Waals surface area contributed by atoms with Crippen molar-refractivity contribution >= 4 is 17.9 Å². The topological polar surface area (TPSA) is 88.1 Å². The fourth-order valence-corrected chi connectivity index (χ4v) is 2.16. The smallest absolute Gasteiger partial charge is 0.303 e. The van der Waals surface area contributed by atoms with Gasteiger partial charge in [0.15, 0.2) is 12.2 Å². The van der Waals surface area contributed by atoms with Gasteiger partial charge in [-0.15, -0.1) is 6.58 Å². The lowest BCUT2D eigenvalue weighted by Gasteiger charge is -2.23. The number of hydrogen-bond donors (Lipinski definition) is 0. The van der Waals surface area contributed by atoms with Crippen LogP contribution in [0.25, 0.3) is 0 Å². The van der Waals surface area contributed by atoms with Crippen molar-refractivity contribution in [3.8, 4) is 0 Å². The van der Waals surface area contributed by atoms with Gasteiger partial charge in [0.1, 0.15) is 18.8 Å². The highest BCUT2D eigenvalue weighted by Gasteiger charge is 2.48. The summed E-state index contributed by atoms with van der Waals surface area (Å²) in [7, 11) is 0. The van der Waals surface area contributed by atoms with Crippen molar-refractivity contribution in [2.75, 3.05) is 6.61 Å². The Kier molecular flexibility index (Phi) is 6.36. The second-order valence-electron chi connectivity index (χ2n) is 4.69. The number of carbonyl (C=O) groups is 3. The molecular formula is C14H20O7. The van der Waals surface area contributed by atoms with Gasteiger partial charge < -0.3 is 18.9 Å².